The Labute approximate surface area is 125 Å². The Hall–Kier alpha value is -0.120. The second-order valence-corrected chi connectivity index (χ2v) is 6.13. The highest BCUT2D eigenvalue weighted by atomic mass is 16.3. The average molecular weight is 288 g/mol. The SMILES string of the molecule is CC(O)CCC(O)CCCCCCCCCCCCO. The van der Waals surface area contributed by atoms with Crippen molar-refractivity contribution in [2.75, 3.05) is 6.61 Å². The van der Waals surface area contributed by atoms with E-state index < -0.39 is 0 Å². The van der Waals surface area contributed by atoms with Crippen LogP contribution in [0.1, 0.15) is 90.4 Å². The molecule has 0 rings (SSSR count). The van der Waals surface area contributed by atoms with Crippen molar-refractivity contribution in [3.63, 3.8) is 0 Å². The Morgan fingerprint density at radius 3 is 1.50 bits per heavy atom. The first kappa shape index (κ1) is 19.9. The monoisotopic (exact) mass is 288 g/mol. The van der Waals surface area contributed by atoms with Crippen molar-refractivity contribution in [1.82, 2.24) is 0 Å². The lowest BCUT2D eigenvalue weighted by Gasteiger charge is -2.11. The van der Waals surface area contributed by atoms with E-state index in [9.17, 15) is 5.11 Å². The van der Waals surface area contributed by atoms with Crippen LogP contribution in [-0.4, -0.2) is 34.1 Å². The molecule has 0 aliphatic rings. The van der Waals surface area contributed by atoms with Crippen LogP contribution in [0.2, 0.25) is 0 Å². The summed E-state index contributed by atoms with van der Waals surface area (Å²) < 4.78 is 0. The molecule has 0 saturated heterocycles. The third kappa shape index (κ3) is 15.9. The van der Waals surface area contributed by atoms with Crippen LogP contribution >= 0.6 is 0 Å². The van der Waals surface area contributed by atoms with E-state index in [2.05, 4.69) is 0 Å². The van der Waals surface area contributed by atoms with Gasteiger partial charge in [-0.25, -0.2) is 0 Å². The summed E-state index contributed by atoms with van der Waals surface area (Å²) in [5.74, 6) is 0. The number of hydrogen-bond donors (Lipinski definition) is 3. The van der Waals surface area contributed by atoms with Crippen molar-refractivity contribution < 1.29 is 15.3 Å². The van der Waals surface area contributed by atoms with E-state index in [1.807, 2.05) is 0 Å². The van der Waals surface area contributed by atoms with Gasteiger partial charge in [0, 0.05) is 6.61 Å². The van der Waals surface area contributed by atoms with E-state index >= 15 is 0 Å². The standard InChI is InChI=1S/C17H36O3/c1-16(19)13-14-17(20)12-10-8-6-4-2-3-5-7-9-11-15-18/h16-20H,2-15H2,1H3. The smallest absolute Gasteiger partial charge is 0.0541 e. The molecule has 0 saturated carbocycles. The first-order valence-corrected chi connectivity index (χ1v) is 8.63. The van der Waals surface area contributed by atoms with Gasteiger partial charge in [0.1, 0.15) is 0 Å². The maximum absolute atomic E-state index is 9.71. The third-order valence-corrected chi connectivity index (χ3v) is 3.86. The summed E-state index contributed by atoms with van der Waals surface area (Å²) in [7, 11) is 0. The van der Waals surface area contributed by atoms with E-state index in [1.54, 1.807) is 6.92 Å². The van der Waals surface area contributed by atoms with E-state index in [0.717, 1.165) is 25.7 Å². The molecule has 0 heterocycles. The highest BCUT2D eigenvalue weighted by Gasteiger charge is 2.05. The Morgan fingerprint density at radius 2 is 1.05 bits per heavy atom. The number of unbranched alkanes of at least 4 members (excludes halogenated alkanes) is 9. The topological polar surface area (TPSA) is 60.7 Å². The Morgan fingerprint density at radius 1 is 0.600 bits per heavy atom. The van der Waals surface area contributed by atoms with Gasteiger partial charge in [0.2, 0.25) is 0 Å². The first-order chi connectivity index (χ1) is 9.66. The molecule has 2 unspecified atom stereocenters. The van der Waals surface area contributed by atoms with Gasteiger partial charge in [0.05, 0.1) is 12.2 Å². The second kappa shape index (κ2) is 15.3. The summed E-state index contributed by atoms with van der Waals surface area (Å²) in [6, 6.07) is 0. The molecular weight excluding hydrogens is 252 g/mol. The molecule has 0 aliphatic heterocycles. The third-order valence-electron chi connectivity index (χ3n) is 3.86. The summed E-state index contributed by atoms with van der Waals surface area (Å²) in [4.78, 5) is 0. The Balaban J connectivity index is 3.09. The molecule has 0 aliphatic carbocycles. The lowest BCUT2D eigenvalue weighted by atomic mass is 10.0. The van der Waals surface area contributed by atoms with Gasteiger partial charge in [0.15, 0.2) is 0 Å². The number of rotatable bonds is 15. The van der Waals surface area contributed by atoms with Gasteiger partial charge in [-0.05, 0) is 32.6 Å². The van der Waals surface area contributed by atoms with Crippen molar-refractivity contribution in [3.05, 3.63) is 0 Å². The van der Waals surface area contributed by atoms with Crippen LogP contribution < -0.4 is 0 Å². The minimum atomic E-state index is -0.290. The zero-order valence-electron chi connectivity index (χ0n) is 13.4. The lowest BCUT2D eigenvalue weighted by molar-refractivity contribution is 0.114. The maximum atomic E-state index is 9.71. The molecule has 0 aromatic heterocycles. The molecule has 122 valence electrons. The van der Waals surface area contributed by atoms with Crippen LogP contribution in [0, 0.1) is 0 Å². The fraction of sp³-hybridized carbons (Fsp3) is 1.00. The molecule has 0 fully saturated rings. The molecule has 20 heavy (non-hydrogen) atoms. The summed E-state index contributed by atoms with van der Waals surface area (Å²) in [5.41, 5.74) is 0. The summed E-state index contributed by atoms with van der Waals surface area (Å²) in [5, 5.41) is 27.5. The molecule has 3 heteroatoms. The fourth-order valence-electron chi connectivity index (χ4n) is 2.48. The van der Waals surface area contributed by atoms with Gasteiger partial charge in [-0.2, -0.15) is 0 Å². The first-order valence-electron chi connectivity index (χ1n) is 8.63. The van der Waals surface area contributed by atoms with Crippen LogP contribution in [-0.2, 0) is 0 Å². The van der Waals surface area contributed by atoms with Crippen molar-refractivity contribution in [2.24, 2.45) is 0 Å². The van der Waals surface area contributed by atoms with Crippen LogP contribution in [0.15, 0.2) is 0 Å². The quantitative estimate of drug-likeness (QED) is 0.402. The average Bonchev–Trinajstić information content (AvgIpc) is 2.42. The van der Waals surface area contributed by atoms with Gasteiger partial charge in [-0.1, -0.05) is 57.8 Å². The molecule has 3 nitrogen and oxygen atoms in total. The molecule has 0 aromatic carbocycles. The van der Waals surface area contributed by atoms with Gasteiger partial charge < -0.3 is 15.3 Å². The minimum Gasteiger partial charge on any atom is -0.396 e. The zero-order chi connectivity index (χ0) is 15.1. The fourth-order valence-corrected chi connectivity index (χ4v) is 2.48. The van der Waals surface area contributed by atoms with Crippen LogP contribution in [0.5, 0.6) is 0 Å². The van der Waals surface area contributed by atoms with Gasteiger partial charge in [-0.15, -0.1) is 0 Å². The van der Waals surface area contributed by atoms with Gasteiger partial charge in [0.25, 0.3) is 0 Å². The zero-order valence-corrected chi connectivity index (χ0v) is 13.4. The normalized spacial score (nSPS) is 14.4. The molecule has 2 atom stereocenters. The Kier molecular flexibility index (Phi) is 15.2. The molecule has 0 aromatic rings. The van der Waals surface area contributed by atoms with Crippen LogP contribution in [0.4, 0.5) is 0 Å². The lowest BCUT2D eigenvalue weighted by Crippen LogP contribution is -2.10. The molecule has 3 N–H and O–H groups in total. The van der Waals surface area contributed by atoms with Gasteiger partial charge in [-0.3, -0.25) is 0 Å². The number of aliphatic hydroxyl groups is 3. The molecule has 0 amide bonds. The highest BCUT2D eigenvalue weighted by Crippen LogP contribution is 2.13. The van der Waals surface area contributed by atoms with Crippen molar-refractivity contribution in [3.8, 4) is 0 Å². The predicted molar refractivity (Wildman–Crippen MR) is 84.8 cm³/mol. The van der Waals surface area contributed by atoms with Crippen molar-refractivity contribution in [2.45, 2.75) is 103 Å². The summed E-state index contributed by atoms with van der Waals surface area (Å²) in [6.07, 6.45) is 14.0. The summed E-state index contributed by atoms with van der Waals surface area (Å²) in [6.45, 7) is 2.11. The minimum absolute atomic E-state index is 0.226. The number of hydrogen-bond acceptors (Lipinski definition) is 3. The van der Waals surface area contributed by atoms with Gasteiger partial charge >= 0.3 is 0 Å². The molecule has 0 spiro atoms. The van der Waals surface area contributed by atoms with Crippen molar-refractivity contribution >= 4 is 0 Å². The van der Waals surface area contributed by atoms with E-state index in [4.69, 9.17) is 10.2 Å². The maximum Gasteiger partial charge on any atom is 0.0541 e. The van der Waals surface area contributed by atoms with E-state index in [0.29, 0.717) is 13.0 Å². The number of aliphatic hydroxyl groups excluding tert-OH is 3. The van der Waals surface area contributed by atoms with Crippen LogP contribution in [0.3, 0.4) is 0 Å². The van der Waals surface area contributed by atoms with Crippen molar-refractivity contribution in [1.29, 1.82) is 0 Å². The van der Waals surface area contributed by atoms with E-state index in [-0.39, 0.29) is 12.2 Å². The Bertz CT molecular complexity index is 183. The molecule has 0 bridgehead atoms. The predicted octanol–water partition coefficient (Wildman–Crippen LogP) is 3.79. The summed E-state index contributed by atoms with van der Waals surface area (Å²) >= 11 is 0. The second-order valence-electron chi connectivity index (χ2n) is 6.13. The molecular formula is C17H36O3. The molecule has 0 radical (unpaired) electrons. The van der Waals surface area contributed by atoms with Crippen LogP contribution in [0.25, 0.3) is 0 Å². The highest BCUT2D eigenvalue weighted by molar-refractivity contribution is 4.59. The largest absolute Gasteiger partial charge is 0.396 e. The van der Waals surface area contributed by atoms with E-state index in [1.165, 1.54) is 51.4 Å².